The van der Waals surface area contributed by atoms with Crippen molar-refractivity contribution in [3.63, 3.8) is 0 Å². The summed E-state index contributed by atoms with van der Waals surface area (Å²) < 4.78 is 9.89. The maximum Gasteiger partial charge on any atom is 0.313 e. The molecule has 0 spiro atoms. The van der Waals surface area contributed by atoms with Crippen molar-refractivity contribution in [2.75, 3.05) is 43.8 Å². The minimum Gasteiger partial charge on any atom is -0.481 e. The van der Waals surface area contributed by atoms with Gasteiger partial charge in [-0.2, -0.15) is 37.9 Å². The Labute approximate surface area is 146 Å². The molecule has 0 rings (SSSR count). The van der Waals surface area contributed by atoms with Gasteiger partial charge in [-0.15, -0.1) is 0 Å². The summed E-state index contributed by atoms with van der Waals surface area (Å²) in [5.41, 5.74) is 5.07. The zero-order valence-electron chi connectivity index (χ0n) is 12.0. The Balaban J connectivity index is -0.000000298. The molecule has 22 heavy (non-hydrogen) atoms. The number of nitrogens with two attached hydrogens (primary N) is 1. The Kier molecular flexibility index (Phi) is 27.4. The average Bonchev–Trinajstić information content (AvgIpc) is 2.51. The van der Waals surface area contributed by atoms with E-state index in [9.17, 15) is 14.4 Å². The van der Waals surface area contributed by atoms with Crippen LogP contribution in [-0.4, -0.2) is 71.7 Å². The third kappa shape index (κ3) is 36.6. The van der Waals surface area contributed by atoms with Gasteiger partial charge in [-0.1, -0.05) is 0 Å². The van der Waals surface area contributed by atoms with E-state index in [-0.39, 0.29) is 29.8 Å². The number of aliphatic carboxylic acids is 2. The van der Waals surface area contributed by atoms with Gasteiger partial charge in [0.2, 0.25) is 0 Å². The number of Topliss-reactive ketones (excluding diaryl/α,β-unsaturated/α-hetero) is 1. The fourth-order valence-electron chi connectivity index (χ4n) is 0.568. The normalized spacial score (nSPS) is 8.91. The number of ketones is 1. The number of ether oxygens (including phenoxy) is 2. The van der Waals surface area contributed by atoms with Crippen LogP contribution < -0.4 is 5.73 Å². The van der Waals surface area contributed by atoms with Gasteiger partial charge in [0, 0.05) is 12.2 Å². The molecule has 0 aliphatic carbocycles. The average molecular weight is 378 g/mol. The van der Waals surface area contributed by atoms with Gasteiger partial charge in [0.15, 0.2) is 0 Å². The van der Waals surface area contributed by atoms with Crippen molar-refractivity contribution in [1.82, 2.24) is 0 Å². The Hall–Kier alpha value is -0.460. The maximum absolute atomic E-state index is 10.7. The van der Waals surface area contributed by atoms with E-state index >= 15 is 0 Å². The Morgan fingerprint density at radius 2 is 1.23 bits per heavy atom. The second-order valence-corrected chi connectivity index (χ2v) is 4.19. The van der Waals surface area contributed by atoms with Gasteiger partial charge in [-0.3, -0.25) is 14.4 Å². The van der Waals surface area contributed by atoms with Crippen molar-refractivity contribution < 1.29 is 34.1 Å². The molecule has 0 amide bonds. The molecule has 0 unspecified atom stereocenters. The van der Waals surface area contributed by atoms with Crippen LogP contribution in [0.2, 0.25) is 0 Å². The van der Waals surface area contributed by atoms with Gasteiger partial charge in [-0.05, 0) is 0 Å². The molecule has 0 radical (unpaired) electrons. The van der Waals surface area contributed by atoms with Crippen LogP contribution in [0.4, 0.5) is 0 Å². The molecule has 0 aliphatic rings. The van der Waals surface area contributed by atoms with E-state index in [0.717, 1.165) is 0 Å². The van der Waals surface area contributed by atoms with Crippen LogP contribution in [-0.2, 0) is 23.9 Å². The molecular weight excluding hydrogens is 354 g/mol. The second kappa shape index (κ2) is 22.8. The quantitative estimate of drug-likeness (QED) is 0.175. The molecule has 0 saturated heterocycles. The topological polar surface area (TPSA) is 136 Å². The SMILES string of the molecule is NCOCCOCCC(=O)CS.O=C(O)CS.O=C(O)CS. The van der Waals surface area contributed by atoms with Gasteiger partial charge in [0.05, 0.1) is 38.1 Å². The van der Waals surface area contributed by atoms with Gasteiger partial charge >= 0.3 is 11.9 Å². The van der Waals surface area contributed by atoms with E-state index in [1.54, 1.807) is 0 Å². The summed E-state index contributed by atoms with van der Waals surface area (Å²) in [5, 5.41) is 15.3. The summed E-state index contributed by atoms with van der Waals surface area (Å²) in [7, 11) is 0. The van der Waals surface area contributed by atoms with E-state index in [1.807, 2.05) is 0 Å². The molecule has 0 atom stereocenters. The lowest BCUT2D eigenvalue weighted by molar-refractivity contribution is -0.134. The summed E-state index contributed by atoms with van der Waals surface area (Å²) in [4.78, 5) is 29.3. The molecule has 11 heteroatoms. The van der Waals surface area contributed by atoms with Crippen molar-refractivity contribution in [1.29, 1.82) is 0 Å². The van der Waals surface area contributed by atoms with Crippen LogP contribution in [0.1, 0.15) is 6.42 Å². The Morgan fingerprint density at radius 3 is 1.55 bits per heavy atom. The van der Waals surface area contributed by atoms with E-state index in [0.29, 0.717) is 26.2 Å². The summed E-state index contributed by atoms with van der Waals surface area (Å²) in [6, 6.07) is 0. The first kappa shape index (κ1) is 26.4. The van der Waals surface area contributed by atoms with Crippen molar-refractivity contribution >= 4 is 55.6 Å². The highest BCUT2D eigenvalue weighted by Gasteiger charge is 1.97. The first-order chi connectivity index (χ1) is 10.3. The van der Waals surface area contributed by atoms with Crippen LogP contribution in [0.25, 0.3) is 0 Å². The zero-order valence-corrected chi connectivity index (χ0v) is 14.7. The molecule has 0 fully saturated rings. The number of carboxylic acids is 2. The molecule has 0 saturated carbocycles. The van der Waals surface area contributed by atoms with E-state index in [2.05, 4.69) is 37.9 Å². The fourth-order valence-corrected chi connectivity index (χ4v) is 0.726. The van der Waals surface area contributed by atoms with Crippen LogP contribution >= 0.6 is 37.9 Å². The zero-order chi connectivity index (χ0) is 17.8. The first-order valence-electron chi connectivity index (χ1n) is 5.99. The molecule has 0 aromatic rings. The predicted octanol–water partition coefficient (Wildman–Crippen LogP) is -0.174. The van der Waals surface area contributed by atoms with E-state index in [4.69, 9.17) is 25.4 Å². The van der Waals surface area contributed by atoms with Crippen LogP contribution in [0.15, 0.2) is 0 Å². The van der Waals surface area contributed by atoms with Gasteiger partial charge in [0.25, 0.3) is 0 Å². The molecule has 132 valence electrons. The summed E-state index contributed by atoms with van der Waals surface area (Å²) in [5.74, 6) is -1.55. The summed E-state index contributed by atoms with van der Waals surface area (Å²) in [6.45, 7) is 1.61. The molecular formula is C11H23NO7S3. The minimum absolute atomic E-state index is 0.0833. The minimum atomic E-state index is -0.881. The number of hydrogen-bond donors (Lipinski definition) is 6. The van der Waals surface area contributed by atoms with Crippen molar-refractivity contribution in [3.05, 3.63) is 0 Å². The summed E-state index contributed by atoms with van der Waals surface area (Å²) in [6.07, 6.45) is 0.423. The molecule has 8 nitrogen and oxygen atoms in total. The maximum atomic E-state index is 10.7. The lowest BCUT2D eigenvalue weighted by Gasteiger charge is -2.02. The first-order valence-corrected chi connectivity index (χ1v) is 7.88. The number of carboxylic acid groups (broad SMARTS) is 2. The highest BCUT2D eigenvalue weighted by molar-refractivity contribution is 7.81. The van der Waals surface area contributed by atoms with E-state index in [1.165, 1.54) is 0 Å². The molecule has 0 aromatic carbocycles. The number of rotatable bonds is 10. The fraction of sp³-hybridized carbons (Fsp3) is 0.727. The monoisotopic (exact) mass is 377 g/mol. The third-order valence-corrected chi connectivity index (χ3v) is 2.36. The van der Waals surface area contributed by atoms with Gasteiger partial charge in [0.1, 0.15) is 5.78 Å². The summed E-state index contributed by atoms with van der Waals surface area (Å²) >= 11 is 10.7. The van der Waals surface area contributed by atoms with Crippen LogP contribution in [0.5, 0.6) is 0 Å². The number of carbonyl (C=O) groups excluding carboxylic acids is 1. The molecule has 0 aliphatic heterocycles. The van der Waals surface area contributed by atoms with Crippen molar-refractivity contribution in [2.45, 2.75) is 6.42 Å². The molecule has 4 N–H and O–H groups in total. The largest absolute Gasteiger partial charge is 0.481 e. The van der Waals surface area contributed by atoms with E-state index < -0.39 is 11.9 Å². The van der Waals surface area contributed by atoms with Crippen molar-refractivity contribution in [2.24, 2.45) is 5.73 Å². The number of thiol groups is 3. The standard InChI is InChI=1S/C7H15NO3S.2C2H4O2S/c8-6-11-4-3-10-2-1-7(9)5-12;2*3-2(4)1-5/h12H,1-6,8H2;2*5H,1H2,(H,3,4). The number of carbonyl (C=O) groups is 3. The molecule has 0 aromatic heterocycles. The third-order valence-electron chi connectivity index (χ3n) is 1.46. The van der Waals surface area contributed by atoms with Gasteiger partial charge in [-0.25, -0.2) is 0 Å². The Bertz CT molecular complexity index is 279. The highest BCUT2D eigenvalue weighted by atomic mass is 32.1. The lowest BCUT2D eigenvalue weighted by atomic mass is 10.3. The Morgan fingerprint density at radius 1 is 0.818 bits per heavy atom. The lowest BCUT2D eigenvalue weighted by Crippen LogP contribution is -2.12. The smallest absolute Gasteiger partial charge is 0.313 e. The van der Waals surface area contributed by atoms with Crippen molar-refractivity contribution in [3.8, 4) is 0 Å². The predicted molar refractivity (Wildman–Crippen MR) is 92.3 cm³/mol. The second-order valence-electron chi connectivity index (χ2n) is 3.24. The van der Waals surface area contributed by atoms with Gasteiger partial charge < -0.3 is 25.4 Å². The highest BCUT2D eigenvalue weighted by Crippen LogP contribution is 1.88. The van der Waals surface area contributed by atoms with Crippen LogP contribution in [0.3, 0.4) is 0 Å². The molecule has 0 heterocycles. The van der Waals surface area contributed by atoms with Crippen LogP contribution in [0, 0.1) is 0 Å². The number of hydrogen-bond acceptors (Lipinski definition) is 9. The molecule has 0 bridgehead atoms.